The largest absolute Gasteiger partial charge is 0.416 e. The second-order valence-corrected chi connectivity index (χ2v) is 12.6. The number of fused-ring (bicyclic) bond motifs is 1. The number of alkyl halides is 3. The lowest BCUT2D eigenvalue weighted by molar-refractivity contribution is -0.146. The summed E-state index contributed by atoms with van der Waals surface area (Å²) in [5.41, 5.74) is -0.674. The average molecular weight is 532 g/mol. The lowest BCUT2D eigenvalue weighted by Gasteiger charge is -2.42. The van der Waals surface area contributed by atoms with Crippen molar-refractivity contribution in [3.63, 3.8) is 0 Å². The molecule has 0 spiro atoms. The van der Waals surface area contributed by atoms with Crippen molar-refractivity contribution in [3.8, 4) is 0 Å². The third kappa shape index (κ3) is 5.89. The zero-order valence-electron chi connectivity index (χ0n) is 21.0. The van der Waals surface area contributed by atoms with Crippen molar-refractivity contribution < 1.29 is 31.1 Å². The van der Waals surface area contributed by atoms with Gasteiger partial charge in [0.2, 0.25) is 15.9 Å². The third-order valence-electron chi connectivity index (χ3n) is 8.03. The first-order valence-corrected chi connectivity index (χ1v) is 14.5. The summed E-state index contributed by atoms with van der Waals surface area (Å²) in [4.78, 5) is 15.6. The van der Waals surface area contributed by atoms with Crippen LogP contribution in [0, 0.1) is 11.3 Å². The van der Waals surface area contributed by atoms with E-state index in [9.17, 15) is 26.4 Å². The van der Waals surface area contributed by atoms with Crippen molar-refractivity contribution in [2.75, 3.05) is 26.0 Å². The van der Waals surface area contributed by atoms with E-state index in [0.29, 0.717) is 30.0 Å². The minimum atomic E-state index is -4.53. The van der Waals surface area contributed by atoms with Crippen LogP contribution in [-0.2, 0) is 32.3 Å². The van der Waals surface area contributed by atoms with Crippen molar-refractivity contribution in [2.45, 2.75) is 76.8 Å². The van der Waals surface area contributed by atoms with E-state index in [4.69, 9.17) is 4.74 Å². The Balaban J connectivity index is 1.60. The first-order valence-electron chi connectivity index (χ1n) is 12.6. The number of carbonyl (C=O) groups excluding carboxylic acids is 1. The van der Waals surface area contributed by atoms with Crippen molar-refractivity contribution in [1.29, 1.82) is 0 Å². The van der Waals surface area contributed by atoms with Gasteiger partial charge >= 0.3 is 6.18 Å². The molecule has 36 heavy (non-hydrogen) atoms. The zero-order valence-corrected chi connectivity index (χ0v) is 21.8. The van der Waals surface area contributed by atoms with E-state index in [2.05, 4.69) is 10.0 Å². The predicted molar refractivity (Wildman–Crippen MR) is 129 cm³/mol. The van der Waals surface area contributed by atoms with Gasteiger partial charge in [-0.25, -0.2) is 13.1 Å². The lowest BCUT2D eigenvalue weighted by Crippen LogP contribution is -2.51. The standard InChI is InChI=1S/C25H36F3N3O4S/c1-16(2)24(9-6-20(13-24)29-19-7-10-35-11-8-19)23(32)31-14-17-12-18(25(26,27)28)4-5-21(17)22(15-31)30-36(3,33)34/h4-5,12,16,19-20,22,29-30H,6-11,13-15H2,1-3H3/t20-,22-,24+/m1/s1. The molecule has 1 saturated carbocycles. The zero-order chi connectivity index (χ0) is 26.3. The van der Waals surface area contributed by atoms with Gasteiger partial charge in [-0.15, -0.1) is 0 Å². The van der Waals surface area contributed by atoms with E-state index in [1.54, 1.807) is 4.90 Å². The molecule has 0 bridgehead atoms. The van der Waals surface area contributed by atoms with Gasteiger partial charge in [0.05, 0.1) is 23.3 Å². The molecule has 2 aliphatic heterocycles. The molecule has 11 heteroatoms. The van der Waals surface area contributed by atoms with Gasteiger partial charge in [-0.05, 0) is 61.3 Å². The first-order chi connectivity index (χ1) is 16.8. The smallest absolute Gasteiger partial charge is 0.381 e. The highest BCUT2D eigenvalue weighted by atomic mass is 32.2. The number of benzene rings is 1. The number of ether oxygens (including phenoxy) is 1. The number of rotatable bonds is 6. The molecule has 2 fully saturated rings. The van der Waals surface area contributed by atoms with E-state index >= 15 is 0 Å². The van der Waals surface area contributed by atoms with Gasteiger partial charge in [-0.3, -0.25) is 4.79 Å². The number of carbonyl (C=O) groups is 1. The Morgan fingerprint density at radius 3 is 2.47 bits per heavy atom. The van der Waals surface area contributed by atoms with Crippen LogP contribution in [-0.4, -0.2) is 57.3 Å². The maximum atomic E-state index is 14.1. The molecule has 2 heterocycles. The summed E-state index contributed by atoms with van der Waals surface area (Å²) in [5.74, 6) is -0.0900. The molecule has 202 valence electrons. The number of halogens is 3. The SMILES string of the molecule is CC(C)[C@]1(C(=O)N2Cc3cc(C(F)(F)F)ccc3[C@H](NS(C)(=O)=O)C2)CC[C@@H](NC2CCOCC2)C1. The van der Waals surface area contributed by atoms with Crippen LogP contribution >= 0.6 is 0 Å². The average Bonchev–Trinajstić information content (AvgIpc) is 3.22. The number of sulfonamides is 1. The van der Waals surface area contributed by atoms with Crippen LogP contribution in [0.2, 0.25) is 0 Å². The van der Waals surface area contributed by atoms with Crippen LogP contribution in [0.1, 0.15) is 68.7 Å². The van der Waals surface area contributed by atoms with Crippen LogP contribution in [0.3, 0.4) is 0 Å². The second kappa shape index (κ2) is 10.2. The van der Waals surface area contributed by atoms with Crippen molar-refractivity contribution >= 4 is 15.9 Å². The number of nitrogens with zero attached hydrogens (tertiary/aromatic N) is 1. The van der Waals surface area contributed by atoms with Crippen molar-refractivity contribution in [1.82, 2.24) is 14.9 Å². The molecule has 2 N–H and O–H groups in total. The number of nitrogens with one attached hydrogen (secondary N) is 2. The molecule has 4 rings (SSSR count). The van der Waals surface area contributed by atoms with E-state index in [-0.39, 0.29) is 31.0 Å². The quantitative estimate of drug-likeness (QED) is 0.586. The van der Waals surface area contributed by atoms with Crippen LogP contribution in [0.15, 0.2) is 18.2 Å². The third-order valence-corrected chi connectivity index (χ3v) is 8.74. The summed E-state index contributed by atoms with van der Waals surface area (Å²) in [6.07, 6.45) is 0.517. The van der Waals surface area contributed by atoms with E-state index in [1.165, 1.54) is 6.07 Å². The van der Waals surface area contributed by atoms with E-state index < -0.39 is 33.2 Å². The minimum absolute atomic E-state index is 0.0204. The number of hydrogen-bond donors (Lipinski definition) is 2. The molecule has 1 aromatic rings. The maximum Gasteiger partial charge on any atom is 0.416 e. The van der Waals surface area contributed by atoms with Gasteiger partial charge in [0, 0.05) is 38.4 Å². The fraction of sp³-hybridized carbons (Fsp3) is 0.720. The Bertz CT molecular complexity index is 1070. The highest BCUT2D eigenvalue weighted by Gasteiger charge is 2.50. The van der Waals surface area contributed by atoms with E-state index in [1.807, 2.05) is 13.8 Å². The number of amides is 1. The molecule has 7 nitrogen and oxygen atoms in total. The molecule has 1 aromatic carbocycles. The van der Waals surface area contributed by atoms with Crippen LogP contribution in [0.4, 0.5) is 13.2 Å². The first kappa shape index (κ1) is 27.3. The molecule has 1 amide bonds. The van der Waals surface area contributed by atoms with Gasteiger partial charge in [-0.1, -0.05) is 19.9 Å². The molecular weight excluding hydrogens is 495 g/mol. The molecule has 0 aromatic heterocycles. The molecule has 1 aliphatic carbocycles. The van der Waals surface area contributed by atoms with Crippen molar-refractivity contribution in [3.05, 3.63) is 34.9 Å². The van der Waals surface area contributed by atoms with Crippen molar-refractivity contribution in [2.24, 2.45) is 11.3 Å². The topological polar surface area (TPSA) is 87.7 Å². The highest BCUT2D eigenvalue weighted by molar-refractivity contribution is 7.88. The fourth-order valence-corrected chi connectivity index (χ4v) is 6.78. The summed E-state index contributed by atoms with van der Waals surface area (Å²) in [6.45, 7) is 5.57. The predicted octanol–water partition coefficient (Wildman–Crippen LogP) is 3.60. The van der Waals surface area contributed by atoms with E-state index in [0.717, 1.165) is 50.9 Å². The van der Waals surface area contributed by atoms with Gasteiger partial charge in [0.1, 0.15) is 0 Å². The molecule has 0 unspecified atom stereocenters. The minimum Gasteiger partial charge on any atom is -0.381 e. The van der Waals surface area contributed by atoms with Gasteiger partial charge < -0.3 is 15.0 Å². The summed E-state index contributed by atoms with van der Waals surface area (Å²) in [6, 6.07) is 3.05. The maximum absolute atomic E-state index is 14.1. The number of hydrogen-bond acceptors (Lipinski definition) is 5. The van der Waals surface area contributed by atoms with Gasteiger partial charge in [-0.2, -0.15) is 13.2 Å². The van der Waals surface area contributed by atoms with Crippen LogP contribution in [0.5, 0.6) is 0 Å². The monoisotopic (exact) mass is 531 g/mol. The Labute approximate surface area is 211 Å². The molecule has 0 radical (unpaired) electrons. The van der Waals surface area contributed by atoms with Crippen LogP contribution in [0.25, 0.3) is 0 Å². The Morgan fingerprint density at radius 1 is 1.17 bits per heavy atom. The second-order valence-electron chi connectivity index (χ2n) is 10.8. The lowest BCUT2D eigenvalue weighted by atomic mass is 9.73. The highest BCUT2D eigenvalue weighted by Crippen LogP contribution is 2.47. The fourth-order valence-electron chi connectivity index (χ4n) is 6.06. The summed E-state index contributed by atoms with van der Waals surface area (Å²) >= 11 is 0. The molecular formula is C25H36F3N3O4S. The molecule has 3 atom stereocenters. The molecule has 3 aliphatic rings. The Hall–Kier alpha value is -1.69. The summed E-state index contributed by atoms with van der Waals surface area (Å²) in [5, 5.41) is 3.70. The van der Waals surface area contributed by atoms with Crippen LogP contribution < -0.4 is 10.0 Å². The molecule has 1 saturated heterocycles. The summed E-state index contributed by atoms with van der Waals surface area (Å²) < 4.78 is 72.4. The van der Waals surface area contributed by atoms with Gasteiger partial charge in [0.15, 0.2) is 0 Å². The normalized spacial score (nSPS) is 27.9. The Kier molecular flexibility index (Phi) is 7.77. The Morgan fingerprint density at radius 2 is 1.86 bits per heavy atom. The van der Waals surface area contributed by atoms with Gasteiger partial charge in [0.25, 0.3) is 0 Å². The summed E-state index contributed by atoms with van der Waals surface area (Å²) in [7, 11) is -3.66.